The number of carbonyl (C=O) groups is 1. The highest BCUT2D eigenvalue weighted by Crippen LogP contribution is 2.36. The van der Waals surface area contributed by atoms with Gasteiger partial charge in [-0.05, 0) is 45.0 Å². The van der Waals surface area contributed by atoms with E-state index in [-0.39, 0.29) is 5.69 Å². The van der Waals surface area contributed by atoms with Crippen LogP contribution in [0.3, 0.4) is 0 Å². The van der Waals surface area contributed by atoms with Gasteiger partial charge < -0.3 is 4.74 Å². The molecule has 0 unspecified atom stereocenters. The van der Waals surface area contributed by atoms with E-state index in [0.29, 0.717) is 0 Å². The van der Waals surface area contributed by atoms with Crippen molar-refractivity contribution in [2.75, 3.05) is 5.32 Å². The van der Waals surface area contributed by atoms with Crippen LogP contribution in [0.5, 0.6) is 0 Å². The predicted octanol–water partition coefficient (Wildman–Crippen LogP) is 5.00. The van der Waals surface area contributed by atoms with Crippen LogP contribution < -0.4 is 5.32 Å². The maximum atomic E-state index is 13.4. The molecule has 0 saturated heterocycles. The van der Waals surface area contributed by atoms with Crippen molar-refractivity contribution >= 4 is 27.7 Å². The van der Waals surface area contributed by atoms with Gasteiger partial charge >= 0.3 is 12.3 Å². The predicted molar refractivity (Wildman–Crippen MR) is 86.1 cm³/mol. The van der Waals surface area contributed by atoms with Gasteiger partial charge in [0.15, 0.2) is 5.69 Å². The molecule has 24 heavy (non-hydrogen) atoms. The van der Waals surface area contributed by atoms with Gasteiger partial charge in [-0.25, -0.2) is 9.48 Å². The first-order chi connectivity index (χ1) is 11.0. The zero-order valence-electron chi connectivity index (χ0n) is 13.1. The molecule has 2 rings (SSSR count). The molecule has 130 valence electrons. The minimum atomic E-state index is -4.71. The van der Waals surface area contributed by atoms with Gasteiger partial charge in [-0.15, -0.1) is 0 Å². The molecule has 1 amide bonds. The molecular formula is C15H15BrF3N3O2. The molecule has 0 spiro atoms. The van der Waals surface area contributed by atoms with Crippen molar-refractivity contribution in [3.8, 4) is 5.69 Å². The molecule has 0 saturated carbocycles. The largest absolute Gasteiger partial charge is 0.444 e. The van der Waals surface area contributed by atoms with Crippen LogP contribution in [0.25, 0.3) is 5.69 Å². The quantitative estimate of drug-likeness (QED) is 0.764. The van der Waals surface area contributed by atoms with Gasteiger partial charge in [0.05, 0.1) is 17.6 Å². The lowest BCUT2D eigenvalue weighted by atomic mass is 10.2. The van der Waals surface area contributed by atoms with Crippen LogP contribution in [0.15, 0.2) is 34.9 Å². The fourth-order valence-electron chi connectivity index (χ4n) is 1.90. The van der Waals surface area contributed by atoms with E-state index in [9.17, 15) is 18.0 Å². The molecule has 0 aliphatic rings. The summed E-state index contributed by atoms with van der Waals surface area (Å²) in [6, 6.07) is 6.14. The third-order valence-electron chi connectivity index (χ3n) is 2.74. The van der Waals surface area contributed by atoms with Crippen LogP contribution in [0.1, 0.15) is 26.5 Å². The van der Waals surface area contributed by atoms with Crippen molar-refractivity contribution in [1.29, 1.82) is 0 Å². The first-order valence-electron chi connectivity index (χ1n) is 6.88. The lowest BCUT2D eigenvalue weighted by Gasteiger charge is -2.20. The highest BCUT2D eigenvalue weighted by molar-refractivity contribution is 9.10. The van der Waals surface area contributed by atoms with Gasteiger partial charge in [-0.3, -0.25) is 5.32 Å². The minimum absolute atomic E-state index is 0.211. The summed E-state index contributed by atoms with van der Waals surface area (Å²) < 4.78 is 46.7. The third kappa shape index (κ3) is 4.50. The van der Waals surface area contributed by atoms with Crippen molar-refractivity contribution in [2.45, 2.75) is 32.5 Å². The molecule has 0 aliphatic heterocycles. The summed E-state index contributed by atoms with van der Waals surface area (Å²) in [5.74, 6) is 0. The first kappa shape index (κ1) is 18.3. The van der Waals surface area contributed by atoms with E-state index in [1.165, 1.54) is 12.1 Å². The highest BCUT2D eigenvalue weighted by atomic mass is 79.9. The van der Waals surface area contributed by atoms with Crippen LogP contribution >= 0.6 is 15.9 Å². The Labute approximate surface area is 144 Å². The number of amides is 1. The molecule has 1 aromatic carbocycles. The Balaban J connectivity index is 2.40. The monoisotopic (exact) mass is 405 g/mol. The molecule has 0 aliphatic carbocycles. The van der Waals surface area contributed by atoms with Crippen LogP contribution in [0, 0.1) is 0 Å². The van der Waals surface area contributed by atoms with Crippen LogP contribution in [0.2, 0.25) is 0 Å². The third-order valence-corrected chi connectivity index (χ3v) is 3.27. The summed E-state index contributed by atoms with van der Waals surface area (Å²) in [7, 11) is 0. The number of halogens is 4. The summed E-state index contributed by atoms with van der Waals surface area (Å²) in [5, 5.41) is 5.84. The number of hydrogen-bond donors (Lipinski definition) is 1. The number of anilines is 1. The maximum Gasteiger partial charge on any atom is 0.435 e. The Hall–Kier alpha value is -2.03. The van der Waals surface area contributed by atoms with E-state index >= 15 is 0 Å². The summed E-state index contributed by atoms with van der Waals surface area (Å²) in [5.41, 5.74) is -2.18. The summed E-state index contributed by atoms with van der Waals surface area (Å²) in [6.07, 6.45) is -4.76. The second-order valence-corrected chi connectivity index (χ2v) is 6.84. The summed E-state index contributed by atoms with van der Waals surface area (Å²) >= 11 is 3.22. The number of carbonyl (C=O) groups excluding carboxylic acids is 1. The molecule has 0 fully saturated rings. The Kier molecular flexibility index (Phi) is 4.93. The van der Waals surface area contributed by atoms with Crippen molar-refractivity contribution < 1.29 is 22.7 Å². The number of ether oxygens (including phenoxy) is 1. The molecule has 0 atom stereocenters. The van der Waals surface area contributed by atoms with Gasteiger partial charge in [0, 0.05) is 4.47 Å². The molecule has 0 radical (unpaired) electrons. The molecule has 1 heterocycles. The number of nitrogens with zero attached hydrogens (tertiary/aromatic N) is 2. The van der Waals surface area contributed by atoms with Gasteiger partial charge in [0.1, 0.15) is 5.60 Å². The van der Waals surface area contributed by atoms with Crippen molar-refractivity contribution in [2.24, 2.45) is 0 Å². The fourth-order valence-corrected chi connectivity index (χ4v) is 2.17. The Morgan fingerprint density at radius 3 is 2.29 bits per heavy atom. The number of nitrogens with one attached hydrogen (secondary N) is 1. The number of rotatable bonds is 2. The lowest BCUT2D eigenvalue weighted by Crippen LogP contribution is -2.28. The molecule has 1 N–H and O–H groups in total. The van der Waals surface area contributed by atoms with Crippen molar-refractivity contribution in [1.82, 2.24) is 9.78 Å². The first-order valence-corrected chi connectivity index (χ1v) is 7.68. The summed E-state index contributed by atoms with van der Waals surface area (Å²) in [4.78, 5) is 11.8. The van der Waals surface area contributed by atoms with Gasteiger partial charge in [-0.1, -0.05) is 15.9 Å². The van der Waals surface area contributed by atoms with Crippen LogP contribution in [-0.2, 0) is 10.9 Å². The zero-order valence-corrected chi connectivity index (χ0v) is 14.7. The molecule has 9 heteroatoms. The molecule has 1 aromatic heterocycles. The Morgan fingerprint density at radius 1 is 1.21 bits per heavy atom. The topological polar surface area (TPSA) is 56.1 Å². The van der Waals surface area contributed by atoms with Gasteiger partial charge in [0.25, 0.3) is 0 Å². The standard InChI is InChI=1S/C15H15BrF3N3O2/c1-14(2,3)24-13(23)21-11-8-20-22(12(11)15(17,18)19)10-6-4-9(16)5-7-10/h4-8H,1-3H3,(H,21,23). The zero-order chi connectivity index (χ0) is 18.1. The van der Waals surface area contributed by atoms with Crippen molar-refractivity contribution in [3.63, 3.8) is 0 Å². The number of hydrogen-bond acceptors (Lipinski definition) is 3. The maximum absolute atomic E-state index is 13.4. The van der Waals surface area contributed by atoms with E-state index in [1.807, 2.05) is 0 Å². The Morgan fingerprint density at radius 2 is 1.79 bits per heavy atom. The molecular weight excluding hydrogens is 391 g/mol. The van der Waals surface area contributed by atoms with E-state index in [0.717, 1.165) is 15.4 Å². The number of alkyl halides is 3. The lowest BCUT2D eigenvalue weighted by molar-refractivity contribution is -0.142. The second-order valence-electron chi connectivity index (χ2n) is 5.92. The SMILES string of the molecule is CC(C)(C)OC(=O)Nc1cnn(-c2ccc(Br)cc2)c1C(F)(F)F. The average molecular weight is 406 g/mol. The molecule has 0 bridgehead atoms. The van der Waals surface area contributed by atoms with E-state index in [4.69, 9.17) is 4.74 Å². The summed E-state index contributed by atoms with van der Waals surface area (Å²) in [6.45, 7) is 4.84. The van der Waals surface area contributed by atoms with Gasteiger partial charge in [0.2, 0.25) is 0 Å². The van der Waals surface area contributed by atoms with Crippen LogP contribution in [0.4, 0.5) is 23.7 Å². The Bertz CT molecular complexity index is 734. The fraction of sp³-hybridized carbons (Fsp3) is 0.333. The molecule has 2 aromatic rings. The van der Waals surface area contributed by atoms with Gasteiger partial charge in [-0.2, -0.15) is 18.3 Å². The van der Waals surface area contributed by atoms with E-state index < -0.39 is 29.3 Å². The minimum Gasteiger partial charge on any atom is -0.444 e. The van der Waals surface area contributed by atoms with Crippen LogP contribution in [-0.4, -0.2) is 21.5 Å². The normalized spacial score (nSPS) is 12.1. The smallest absolute Gasteiger partial charge is 0.435 e. The van der Waals surface area contributed by atoms with E-state index in [2.05, 4.69) is 26.3 Å². The average Bonchev–Trinajstić information content (AvgIpc) is 2.80. The highest BCUT2D eigenvalue weighted by Gasteiger charge is 2.39. The number of aromatic nitrogens is 2. The van der Waals surface area contributed by atoms with Crippen molar-refractivity contribution in [3.05, 3.63) is 40.6 Å². The second kappa shape index (κ2) is 6.46. The molecule has 5 nitrogen and oxygen atoms in total. The van der Waals surface area contributed by atoms with E-state index in [1.54, 1.807) is 32.9 Å². The number of benzene rings is 1.